The van der Waals surface area contributed by atoms with E-state index in [2.05, 4.69) is 38.2 Å². The zero-order valence-electron chi connectivity index (χ0n) is 22.7. The lowest BCUT2D eigenvalue weighted by Crippen LogP contribution is -2.35. The van der Waals surface area contributed by atoms with E-state index in [1.54, 1.807) is 12.1 Å². The summed E-state index contributed by atoms with van der Waals surface area (Å²) in [4.78, 5) is 28.0. The number of hydrogen-bond donors (Lipinski definition) is 1. The van der Waals surface area contributed by atoms with Crippen molar-refractivity contribution in [2.24, 2.45) is 0 Å². The fourth-order valence-corrected chi connectivity index (χ4v) is 3.88. The lowest BCUT2D eigenvalue weighted by Gasteiger charge is -2.30. The first kappa shape index (κ1) is 27.0. The highest BCUT2D eigenvalue weighted by atomic mass is 16.6. The number of carbonyl (C=O) groups is 2. The summed E-state index contributed by atoms with van der Waals surface area (Å²) in [5.74, 6) is -0.510. The van der Waals surface area contributed by atoms with Crippen LogP contribution in [0.25, 0.3) is 0 Å². The Balaban J connectivity index is 1.92. The molecule has 1 amide bonds. The van der Waals surface area contributed by atoms with Crippen LogP contribution < -0.4 is 10.2 Å². The van der Waals surface area contributed by atoms with Crippen LogP contribution in [0.15, 0.2) is 72.8 Å². The Labute approximate surface area is 215 Å². The van der Waals surface area contributed by atoms with E-state index in [0.29, 0.717) is 5.56 Å². The Kier molecular flexibility index (Phi) is 7.92. The number of carbonyl (C=O) groups excluding carboxylic acids is 2. The Morgan fingerprint density at radius 3 is 1.86 bits per heavy atom. The molecular weight excluding hydrogens is 448 g/mol. The van der Waals surface area contributed by atoms with Gasteiger partial charge in [0.2, 0.25) is 0 Å². The van der Waals surface area contributed by atoms with Gasteiger partial charge in [-0.2, -0.15) is 0 Å². The van der Waals surface area contributed by atoms with Crippen molar-refractivity contribution in [1.29, 1.82) is 0 Å². The van der Waals surface area contributed by atoms with Crippen LogP contribution in [0.2, 0.25) is 0 Å². The molecule has 0 heterocycles. The Bertz CT molecular complexity index is 1180. The van der Waals surface area contributed by atoms with E-state index in [1.807, 2.05) is 88.2 Å². The second kappa shape index (κ2) is 10.6. The maximum Gasteiger partial charge on any atom is 0.338 e. The maximum atomic E-state index is 13.6. The average Bonchev–Trinajstić information content (AvgIpc) is 2.79. The van der Waals surface area contributed by atoms with Crippen molar-refractivity contribution in [1.82, 2.24) is 0 Å². The molecule has 0 bridgehead atoms. The molecule has 0 saturated heterocycles. The zero-order valence-corrected chi connectivity index (χ0v) is 22.7. The van der Waals surface area contributed by atoms with Crippen LogP contribution in [-0.4, -0.2) is 24.5 Å². The van der Waals surface area contributed by atoms with E-state index >= 15 is 0 Å². The number of nitrogens with one attached hydrogen (secondary N) is 1. The second-order valence-electron chi connectivity index (χ2n) is 11.3. The van der Waals surface area contributed by atoms with Crippen LogP contribution in [0.4, 0.5) is 11.4 Å². The largest absolute Gasteiger partial charge is 0.456 e. The number of ether oxygens (including phenoxy) is 1. The molecule has 3 aromatic rings. The number of aryl methyl sites for hydroxylation is 1. The SMILES string of the molecule is Cc1ccc(NC(=O)C(c2ccc(C(C)(C)C)cc2)N(C)c2ccc(C(=O)OC(C)(C)C)cc2)cc1. The molecule has 0 aliphatic carbocycles. The Hall–Kier alpha value is -3.60. The van der Waals surface area contributed by atoms with E-state index < -0.39 is 11.6 Å². The summed E-state index contributed by atoms with van der Waals surface area (Å²) in [6.07, 6.45) is 0. The molecule has 0 aromatic heterocycles. The zero-order chi connectivity index (χ0) is 26.7. The smallest absolute Gasteiger partial charge is 0.338 e. The van der Waals surface area contributed by atoms with Gasteiger partial charge >= 0.3 is 5.97 Å². The fourth-order valence-electron chi connectivity index (χ4n) is 3.88. The second-order valence-corrected chi connectivity index (χ2v) is 11.3. The van der Waals surface area contributed by atoms with Gasteiger partial charge in [0.05, 0.1) is 5.56 Å². The summed E-state index contributed by atoms with van der Waals surface area (Å²) in [6, 6.07) is 22.5. The van der Waals surface area contributed by atoms with Crippen molar-refractivity contribution in [3.05, 3.63) is 95.1 Å². The number of benzene rings is 3. The van der Waals surface area contributed by atoms with Crippen molar-refractivity contribution in [2.75, 3.05) is 17.3 Å². The van der Waals surface area contributed by atoms with Crippen molar-refractivity contribution in [3.63, 3.8) is 0 Å². The third-order valence-electron chi connectivity index (χ3n) is 5.96. The van der Waals surface area contributed by atoms with Crippen molar-refractivity contribution in [3.8, 4) is 0 Å². The van der Waals surface area contributed by atoms with E-state index in [0.717, 1.165) is 22.5 Å². The van der Waals surface area contributed by atoms with Crippen LogP contribution in [-0.2, 0) is 14.9 Å². The summed E-state index contributed by atoms with van der Waals surface area (Å²) >= 11 is 0. The van der Waals surface area contributed by atoms with Gasteiger partial charge in [-0.3, -0.25) is 4.79 Å². The van der Waals surface area contributed by atoms with Gasteiger partial charge in [0.1, 0.15) is 11.6 Å². The summed E-state index contributed by atoms with van der Waals surface area (Å²) in [5.41, 5.74) is 4.69. The topological polar surface area (TPSA) is 58.6 Å². The first-order chi connectivity index (χ1) is 16.7. The van der Waals surface area contributed by atoms with Crippen LogP contribution in [0.3, 0.4) is 0 Å². The highest BCUT2D eigenvalue weighted by Gasteiger charge is 2.27. The third kappa shape index (κ3) is 6.97. The molecule has 1 unspecified atom stereocenters. The van der Waals surface area contributed by atoms with E-state index in [9.17, 15) is 9.59 Å². The normalized spacial score (nSPS) is 12.6. The van der Waals surface area contributed by atoms with Gasteiger partial charge in [0.25, 0.3) is 5.91 Å². The lowest BCUT2D eigenvalue weighted by atomic mass is 9.86. The maximum absolute atomic E-state index is 13.6. The molecule has 0 aliphatic rings. The highest BCUT2D eigenvalue weighted by Crippen LogP contribution is 2.30. The molecule has 0 fully saturated rings. The van der Waals surface area contributed by atoms with Gasteiger partial charge in [0.15, 0.2) is 0 Å². The summed E-state index contributed by atoms with van der Waals surface area (Å²) in [7, 11) is 1.89. The Morgan fingerprint density at radius 2 is 1.36 bits per heavy atom. The molecule has 190 valence electrons. The molecule has 5 nitrogen and oxygen atoms in total. The van der Waals surface area contributed by atoms with Gasteiger partial charge in [-0.05, 0) is 80.6 Å². The van der Waals surface area contributed by atoms with Gasteiger partial charge in [-0.15, -0.1) is 0 Å². The molecule has 0 aliphatic heterocycles. The van der Waals surface area contributed by atoms with E-state index in [1.165, 1.54) is 5.56 Å². The van der Waals surface area contributed by atoms with E-state index in [4.69, 9.17) is 4.74 Å². The number of rotatable bonds is 6. The quantitative estimate of drug-likeness (QED) is 0.379. The number of esters is 1. The minimum Gasteiger partial charge on any atom is -0.456 e. The molecule has 5 heteroatoms. The lowest BCUT2D eigenvalue weighted by molar-refractivity contribution is -0.117. The van der Waals surface area contributed by atoms with Crippen molar-refractivity contribution < 1.29 is 14.3 Å². The van der Waals surface area contributed by atoms with Crippen molar-refractivity contribution in [2.45, 2.75) is 65.5 Å². The average molecular weight is 487 g/mol. The summed E-state index contributed by atoms with van der Waals surface area (Å²) in [6.45, 7) is 14.0. The predicted molar refractivity (Wildman–Crippen MR) is 148 cm³/mol. The van der Waals surface area contributed by atoms with Crippen LogP contribution in [0, 0.1) is 6.92 Å². The minimum atomic E-state index is -0.576. The molecule has 1 atom stereocenters. The van der Waals surface area contributed by atoms with Gasteiger partial charge < -0.3 is 15.0 Å². The molecule has 3 aromatic carbocycles. The first-order valence-corrected chi connectivity index (χ1v) is 12.3. The molecule has 1 N–H and O–H groups in total. The van der Waals surface area contributed by atoms with E-state index in [-0.39, 0.29) is 17.3 Å². The molecule has 3 rings (SSSR count). The van der Waals surface area contributed by atoms with Crippen LogP contribution in [0.1, 0.15) is 74.6 Å². The van der Waals surface area contributed by atoms with Crippen LogP contribution in [0.5, 0.6) is 0 Å². The van der Waals surface area contributed by atoms with Gasteiger partial charge in [-0.1, -0.05) is 62.7 Å². The third-order valence-corrected chi connectivity index (χ3v) is 5.96. The van der Waals surface area contributed by atoms with Crippen molar-refractivity contribution >= 4 is 23.3 Å². The monoisotopic (exact) mass is 486 g/mol. The molecule has 36 heavy (non-hydrogen) atoms. The Morgan fingerprint density at radius 1 is 0.806 bits per heavy atom. The molecule has 0 spiro atoms. The minimum absolute atomic E-state index is 0.0155. The number of anilines is 2. The highest BCUT2D eigenvalue weighted by molar-refractivity contribution is 5.98. The standard InChI is InChI=1S/C31H38N2O3/c1-21-9-17-25(18-10-21)32-28(34)27(22-11-15-24(16-12-22)30(2,3)4)33(8)26-19-13-23(14-20-26)29(35)36-31(5,6)7/h9-20,27H,1-8H3,(H,32,34). The predicted octanol–water partition coefficient (Wildman–Crippen LogP) is 7.06. The molecule has 0 radical (unpaired) electrons. The fraction of sp³-hybridized carbons (Fsp3) is 0.355. The van der Waals surface area contributed by atoms with Crippen LogP contribution >= 0.6 is 0 Å². The number of nitrogens with zero attached hydrogens (tertiary/aromatic N) is 1. The van der Waals surface area contributed by atoms with Gasteiger partial charge in [0, 0.05) is 18.4 Å². The summed E-state index contributed by atoms with van der Waals surface area (Å²) in [5, 5.41) is 3.06. The summed E-state index contributed by atoms with van der Waals surface area (Å²) < 4.78 is 5.48. The number of hydrogen-bond acceptors (Lipinski definition) is 4. The van der Waals surface area contributed by atoms with Gasteiger partial charge in [-0.25, -0.2) is 4.79 Å². The number of likely N-dealkylation sites (N-methyl/N-ethyl adjacent to an activating group) is 1. The first-order valence-electron chi connectivity index (χ1n) is 12.3. The molecular formula is C31H38N2O3. The molecule has 0 saturated carbocycles. The number of amides is 1.